The van der Waals surface area contributed by atoms with Gasteiger partial charge in [0.05, 0.1) is 15.1 Å². The number of fused-ring (bicyclic) bond motifs is 1. The molecule has 0 aliphatic rings. The number of aryl methyl sites for hydroxylation is 1. The van der Waals surface area contributed by atoms with Crippen molar-refractivity contribution in [2.45, 2.75) is 13.8 Å². The van der Waals surface area contributed by atoms with Crippen LogP contribution in [0.5, 0.6) is 0 Å². The molecule has 0 amide bonds. The molecule has 0 saturated heterocycles. The first-order chi connectivity index (χ1) is 10.9. The average molecular weight is 411 g/mol. The van der Waals surface area contributed by atoms with Gasteiger partial charge in [-0.25, -0.2) is 4.98 Å². The van der Waals surface area contributed by atoms with Crippen LogP contribution in [0.15, 0.2) is 33.2 Å². The van der Waals surface area contributed by atoms with Crippen molar-refractivity contribution in [2.75, 3.05) is 5.32 Å². The van der Waals surface area contributed by atoms with E-state index in [1.165, 1.54) is 0 Å². The second kappa shape index (κ2) is 6.11. The summed E-state index contributed by atoms with van der Waals surface area (Å²) >= 11 is 14.7. The number of halogens is 2. The number of hydrogen-bond acceptors (Lipinski definition) is 3. The number of hydrogen-bond donors (Lipinski definition) is 2. The second-order valence-corrected chi connectivity index (χ2v) is 6.82. The Hall–Kier alpha value is -1.63. The monoisotopic (exact) mass is 409 g/mol. The molecule has 4 nitrogen and oxygen atoms in total. The third kappa shape index (κ3) is 3.06. The van der Waals surface area contributed by atoms with Crippen LogP contribution in [0, 0.1) is 13.8 Å². The number of oxazole rings is 1. The number of rotatable bonds is 2. The predicted molar refractivity (Wildman–Crippen MR) is 102 cm³/mol. The lowest BCUT2D eigenvalue weighted by Gasteiger charge is -2.06. The molecule has 0 bridgehead atoms. The Morgan fingerprint density at radius 2 is 2.09 bits per heavy atom. The van der Waals surface area contributed by atoms with Crippen molar-refractivity contribution in [3.8, 4) is 11.5 Å². The van der Waals surface area contributed by atoms with E-state index >= 15 is 0 Å². The number of thiocarbonyl (C=S) groups is 1. The molecular formula is C16H13BrClN3OS. The van der Waals surface area contributed by atoms with E-state index in [1.807, 2.05) is 19.9 Å². The summed E-state index contributed by atoms with van der Waals surface area (Å²) in [5.74, 6) is 0.447. The van der Waals surface area contributed by atoms with Crippen LogP contribution in [-0.2, 0) is 0 Å². The highest BCUT2D eigenvalue weighted by Gasteiger charge is 2.16. The summed E-state index contributed by atoms with van der Waals surface area (Å²) in [7, 11) is 0. The van der Waals surface area contributed by atoms with Gasteiger partial charge in [0.15, 0.2) is 10.7 Å². The topological polar surface area (TPSA) is 64.1 Å². The fourth-order valence-electron chi connectivity index (χ4n) is 2.27. The Balaban J connectivity index is 2.17. The summed E-state index contributed by atoms with van der Waals surface area (Å²) in [6.07, 6.45) is 0. The summed E-state index contributed by atoms with van der Waals surface area (Å²) in [4.78, 5) is 4.55. The van der Waals surface area contributed by atoms with E-state index in [1.54, 1.807) is 18.2 Å². The second-order valence-electron chi connectivity index (χ2n) is 5.18. The minimum absolute atomic E-state index is 0.185. The van der Waals surface area contributed by atoms with Crippen molar-refractivity contribution in [1.82, 2.24) is 4.98 Å². The number of nitrogens with two attached hydrogens (primary N) is 1. The predicted octanol–water partition coefficient (Wildman–Crippen LogP) is 5.18. The zero-order valence-electron chi connectivity index (χ0n) is 12.4. The van der Waals surface area contributed by atoms with Crippen LogP contribution in [0.4, 0.5) is 5.69 Å². The lowest BCUT2D eigenvalue weighted by Crippen LogP contribution is -2.18. The molecule has 0 atom stereocenters. The molecule has 3 rings (SSSR count). The van der Waals surface area contributed by atoms with E-state index in [9.17, 15) is 0 Å². The normalized spacial score (nSPS) is 11.0. The van der Waals surface area contributed by atoms with Gasteiger partial charge in [-0.15, -0.1) is 0 Å². The van der Waals surface area contributed by atoms with Crippen molar-refractivity contribution in [3.63, 3.8) is 0 Å². The van der Waals surface area contributed by atoms with Crippen LogP contribution in [0.25, 0.3) is 22.6 Å². The molecule has 23 heavy (non-hydrogen) atoms. The third-order valence-corrected chi connectivity index (χ3v) is 4.98. The SMILES string of the molecule is Cc1cc2nc(-c3cc(NC(N)=S)ccc3Cl)oc2c(Br)c1C. The standard InChI is InChI=1S/C16H13BrClN3OS/c1-7-5-12-14(13(17)8(7)2)22-15(21-12)10-6-9(20-16(19)23)3-4-11(10)18/h3-6H,1-2H3,(H3,19,20,23). The molecule has 0 spiro atoms. The first kappa shape index (κ1) is 16.2. The Kier molecular flexibility index (Phi) is 4.31. The Bertz CT molecular complexity index is 939. The van der Waals surface area contributed by atoms with E-state index in [0.717, 1.165) is 26.8 Å². The minimum Gasteiger partial charge on any atom is -0.435 e. The summed E-state index contributed by atoms with van der Waals surface area (Å²) < 4.78 is 6.83. The maximum Gasteiger partial charge on any atom is 0.228 e. The van der Waals surface area contributed by atoms with Crippen molar-refractivity contribution in [1.29, 1.82) is 0 Å². The smallest absolute Gasteiger partial charge is 0.228 e. The summed E-state index contributed by atoms with van der Waals surface area (Å²) in [6.45, 7) is 4.06. The third-order valence-electron chi connectivity index (χ3n) is 3.59. The van der Waals surface area contributed by atoms with Gasteiger partial charge in [-0.3, -0.25) is 0 Å². The van der Waals surface area contributed by atoms with E-state index < -0.39 is 0 Å². The van der Waals surface area contributed by atoms with Gasteiger partial charge in [-0.1, -0.05) is 11.6 Å². The van der Waals surface area contributed by atoms with E-state index in [4.69, 9.17) is 34.0 Å². The van der Waals surface area contributed by atoms with Crippen LogP contribution in [0.1, 0.15) is 11.1 Å². The van der Waals surface area contributed by atoms with Crippen LogP contribution in [-0.4, -0.2) is 10.1 Å². The Morgan fingerprint density at radius 1 is 1.35 bits per heavy atom. The molecule has 1 heterocycles. The van der Waals surface area contributed by atoms with Crippen LogP contribution in [0.2, 0.25) is 5.02 Å². The lowest BCUT2D eigenvalue weighted by molar-refractivity contribution is 0.618. The van der Waals surface area contributed by atoms with E-state index in [-0.39, 0.29) is 5.11 Å². The number of benzene rings is 2. The largest absolute Gasteiger partial charge is 0.435 e. The molecule has 7 heteroatoms. The van der Waals surface area contributed by atoms with E-state index in [2.05, 4.69) is 26.2 Å². The van der Waals surface area contributed by atoms with Gasteiger partial charge < -0.3 is 15.5 Å². The highest BCUT2D eigenvalue weighted by atomic mass is 79.9. The van der Waals surface area contributed by atoms with Gasteiger partial charge in [-0.05, 0) is 77.4 Å². The molecule has 1 aromatic heterocycles. The van der Waals surface area contributed by atoms with Gasteiger partial charge in [-0.2, -0.15) is 0 Å². The summed E-state index contributed by atoms with van der Waals surface area (Å²) in [5.41, 5.74) is 10.6. The maximum atomic E-state index is 6.29. The van der Waals surface area contributed by atoms with Crippen molar-refractivity contribution in [3.05, 3.63) is 44.9 Å². The van der Waals surface area contributed by atoms with Crippen LogP contribution >= 0.6 is 39.7 Å². The van der Waals surface area contributed by atoms with Gasteiger partial charge in [0, 0.05) is 5.69 Å². The van der Waals surface area contributed by atoms with Gasteiger partial charge in [0.1, 0.15) is 5.52 Å². The molecule has 0 radical (unpaired) electrons. The molecule has 0 aliphatic heterocycles. The van der Waals surface area contributed by atoms with Crippen LogP contribution < -0.4 is 11.1 Å². The van der Waals surface area contributed by atoms with E-state index in [0.29, 0.717) is 22.1 Å². The fourth-order valence-corrected chi connectivity index (χ4v) is 3.18. The van der Waals surface area contributed by atoms with Crippen molar-refractivity contribution < 1.29 is 4.42 Å². The minimum atomic E-state index is 0.185. The highest BCUT2D eigenvalue weighted by Crippen LogP contribution is 2.36. The zero-order valence-corrected chi connectivity index (χ0v) is 15.6. The number of nitrogens with zero attached hydrogens (tertiary/aromatic N) is 1. The number of aromatic nitrogens is 1. The highest BCUT2D eigenvalue weighted by molar-refractivity contribution is 9.10. The van der Waals surface area contributed by atoms with Crippen LogP contribution in [0.3, 0.4) is 0 Å². The van der Waals surface area contributed by atoms with Gasteiger partial charge in [0.25, 0.3) is 0 Å². The van der Waals surface area contributed by atoms with Gasteiger partial charge in [0.2, 0.25) is 5.89 Å². The number of anilines is 1. The van der Waals surface area contributed by atoms with Gasteiger partial charge >= 0.3 is 0 Å². The quantitative estimate of drug-likeness (QED) is 0.570. The first-order valence-corrected chi connectivity index (χ1v) is 8.37. The zero-order chi connectivity index (χ0) is 16.7. The summed E-state index contributed by atoms with van der Waals surface area (Å²) in [6, 6.07) is 7.34. The molecule has 0 saturated carbocycles. The molecule has 3 aromatic rings. The molecular weight excluding hydrogens is 398 g/mol. The average Bonchev–Trinajstić information content (AvgIpc) is 2.90. The molecule has 118 valence electrons. The Morgan fingerprint density at radius 3 is 2.78 bits per heavy atom. The molecule has 0 fully saturated rings. The molecule has 2 aromatic carbocycles. The number of nitrogens with one attached hydrogen (secondary N) is 1. The summed E-state index contributed by atoms with van der Waals surface area (Å²) in [5, 5.41) is 3.60. The molecule has 0 unspecified atom stereocenters. The lowest BCUT2D eigenvalue weighted by atomic mass is 10.1. The Labute approximate surface area is 152 Å². The molecule has 3 N–H and O–H groups in total. The maximum absolute atomic E-state index is 6.29. The first-order valence-electron chi connectivity index (χ1n) is 6.79. The van der Waals surface area contributed by atoms with Crippen molar-refractivity contribution >= 4 is 61.6 Å². The molecule has 0 aliphatic carbocycles. The fraction of sp³-hybridized carbons (Fsp3) is 0.125. The van der Waals surface area contributed by atoms with Crippen molar-refractivity contribution in [2.24, 2.45) is 5.73 Å².